The highest BCUT2D eigenvalue weighted by Crippen LogP contribution is 2.26. The number of rotatable bonds is 2. The third-order valence-electron chi connectivity index (χ3n) is 4.08. The lowest BCUT2D eigenvalue weighted by Gasteiger charge is -2.56. The van der Waals surface area contributed by atoms with Gasteiger partial charge in [0.2, 0.25) is 0 Å². The topological polar surface area (TPSA) is 82.3 Å². The maximum absolute atomic E-state index is 13.0. The van der Waals surface area contributed by atoms with Crippen LogP contribution in [0.1, 0.15) is 5.56 Å². The summed E-state index contributed by atoms with van der Waals surface area (Å²) >= 11 is 0. The molecular formula is C13H13FN4O2. The number of ketones is 2. The molecule has 0 saturated carbocycles. The van der Waals surface area contributed by atoms with E-state index in [1.807, 2.05) is 0 Å². The van der Waals surface area contributed by atoms with Crippen LogP contribution >= 0.6 is 0 Å². The Morgan fingerprint density at radius 2 is 1.60 bits per heavy atom. The van der Waals surface area contributed by atoms with Gasteiger partial charge >= 0.3 is 0 Å². The number of Topliss-reactive ketones (excluding diaryl/α,β-unsaturated/α-hetero) is 2. The van der Waals surface area contributed by atoms with Crippen LogP contribution in [0, 0.1) is 5.82 Å². The first kappa shape index (κ1) is 12.1. The molecule has 4 aliphatic heterocycles. The maximum Gasteiger partial charge on any atom is 0.199 e. The molecule has 4 N–H and O–H groups in total. The molecule has 1 aromatic carbocycles. The fourth-order valence-corrected chi connectivity index (χ4v) is 3.11. The normalized spacial score (nSPS) is 38.5. The Morgan fingerprint density at radius 3 is 2.20 bits per heavy atom. The van der Waals surface area contributed by atoms with Crippen LogP contribution in [-0.4, -0.2) is 35.7 Å². The molecule has 1 aromatic rings. The van der Waals surface area contributed by atoms with Crippen molar-refractivity contribution < 1.29 is 14.0 Å². The van der Waals surface area contributed by atoms with Crippen LogP contribution in [0.25, 0.3) is 0 Å². The summed E-state index contributed by atoms with van der Waals surface area (Å²) in [5, 5.41) is 11.9. The van der Waals surface area contributed by atoms with Crippen molar-refractivity contribution in [3.63, 3.8) is 0 Å². The summed E-state index contributed by atoms with van der Waals surface area (Å²) in [7, 11) is 0. The van der Waals surface area contributed by atoms with Gasteiger partial charge in [-0.15, -0.1) is 0 Å². The predicted octanol–water partition coefficient (Wildman–Crippen LogP) is -1.42. The van der Waals surface area contributed by atoms with Crippen LogP contribution in [0.15, 0.2) is 24.3 Å². The van der Waals surface area contributed by atoms with E-state index in [-0.39, 0.29) is 17.4 Å². The summed E-state index contributed by atoms with van der Waals surface area (Å²) in [6.45, 7) is 0. The van der Waals surface area contributed by atoms with Gasteiger partial charge in [0.15, 0.2) is 11.6 Å². The van der Waals surface area contributed by atoms with E-state index in [1.54, 1.807) is 12.1 Å². The highest BCUT2D eigenvalue weighted by Gasteiger charge is 2.59. The van der Waals surface area contributed by atoms with Gasteiger partial charge in [0, 0.05) is 6.42 Å². The number of halogens is 1. The minimum Gasteiger partial charge on any atom is -0.293 e. The molecule has 4 fully saturated rings. The van der Waals surface area contributed by atoms with Crippen LogP contribution in [-0.2, 0) is 16.0 Å². The summed E-state index contributed by atoms with van der Waals surface area (Å²) in [5.74, 6) is -0.449. The zero-order chi connectivity index (χ0) is 13.9. The Morgan fingerprint density at radius 1 is 1.00 bits per heavy atom. The van der Waals surface area contributed by atoms with Gasteiger partial charge in [-0.25, -0.2) is 4.39 Å². The third kappa shape index (κ3) is 1.58. The molecule has 0 aliphatic carbocycles. The molecule has 2 atom stereocenters. The summed E-state index contributed by atoms with van der Waals surface area (Å²) < 4.78 is 13.0. The van der Waals surface area contributed by atoms with Crippen molar-refractivity contribution in [1.29, 1.82) is 0 Å². The molecule has 4 bridgehead atoms. The van der Waals surface area contributed by atoms with Gasteiger partial charge in [0.1, 0.15) is 30.0 Å². The van der Waals surface area contributed by atoms with E-state index in [0.29, 0.717) is 6.42 Å². The van der Waals surface area contributed by atoms with Crippen LogP contribution in [0.5, 0.6) is 0 Å². The largest absolute Gasteiger partial charge is 0.293 e. The van der Waals surface area contributed by atoms with Crippen molar-refractivity contribution in [2.24, 2.45) is 0 Å². The van der Waals surface area contributed by atoms with Crippen LogP contribution in [0.4, 0.5) is 4.39 Å². The molecule has 4 saturated heterocycles. The molecule has 0 spiro atoms. The van der Waals surface area contributed by atoms with Crippen molar-refractivity contribution >= 4 is 11.6 Å². The second-order valence-corrected chi connectivity index (χ2v) is 5.40. The van der Waals surface area contributed by atoms with E-state index in [0.717, 1.165) is 5.56 Å². The fraction of sp³-hybridized carbons (Fsp3) is 0.385. The molecule has 6 nitrogen and oxygen atoms in total. The summed E-state index contributed by atoms with van der Waals surface area (Å²) in [6, 6.07) is 6.02. The summed E-state index contributed by atoms with van der Waals surface area (Å²) in [4.78, 5) is 24.3. The quantitative estimate of drug-likeness (QED) is 0.531. The van der Waals surface area contributed by atoms with Gasteiger partial charge in [-0.2, -0.15) is 0 Å². The zero-order valence-electron chi connectivity index (χ0n) is 10.4. The van der Waals surface area contributed by atoms with Gasteiger partial charge < -0.3 is 0 Å². The van der Waals surface area contributed by atoms with Crippen LogP contribution < -0.4 is 21.3 Å². The van der Waals surface area contributed by atoms with E-state index in [1.165, 1.54) is 12.1 Å². The Bertz CT molecular complexity index is 585. The highest BCUT2D eigenvalue weighted by atomic mass is 19.1. The third-order valence-corrected chi connectivity index (χ3v) is 4.08. The SMILES string of the molecule is O=C1C2NC3NC1NC(Cc1ccc(F)cc1)(N2)C3=O. The van der Waals surface area contributed by atoms with E-state index in [4.69, 9.17) is 0 Å². The molecular weight excluding hydrogens is 263 g/mol. The average Bonchev–Trinajstić information content (AvgIpc) is 2.41. The molecule has 20 heavy (non-hydrogen) atoms. The second kappa shape index (κ2) is 3.92. The first-order chi connectivity index (χ1) is 9.57. The number of nitrogens with one attached hydrogen (secondary N) is 4. The van der Waals surface area contributed by atoms with E-state index >= 15 is 0 Å². The molecule has 5 rings (SSSR count). The number of carbonyl (C=O) groups is 2. The van der Waals surface area contributed by atoms with Gasteiger partial charge in [0.05, 0.1) is 0 Å². The predicted molar refractivity (Wildman–Crippen MR) is 66.8 cm³/mol. The minimum absolute atomic E-state index is 0.0523. The van der Waals surface area contributed by atoms with Crippen molar-refractivity contribution in [3.05, 3.63) is 35.6 Å². The molecule has 2 unspecified atom stereocenters. The Kier molecular flexibility index (Phi) is 2.37. The first-order valence-corrected chi connectivity index (χ1v) is 6.47. The van der Waals surface area contributed by atoms with Crippen molar-refractivity contribution in [2.75, 3.05) is 0 Å². The standard InChI is InChI=1S/C13H13FN4O2/c14-7-3-1-6(2-4-7)5-13-9(20)12-15-10(17-13)8(19)11(16-12)18-13/h1-4,10-12,15-18H,5H2. The number of carbonyl (C=O) groups excluding carboxylic acids is 2. The van der Waals surface area contributed by atoms with Crippen molar-refractivity contribution in [3.8, 4) is 0 Å². The molecule has 104 valence electrons. The number of hydrogen-bond donors (Lipinski definition) is 4. The zero-order valence-corrected chi connectivity index (χ0v) is 10.4. The lowest BCUT2D eigenvalue weighted by molar-refractivity contribution is -0.154. The van der Waals surface area contributed by atoms with E-state index < -0.39 is 24.2 Å². The molecule has 0 radical (unpaired) electrons. The van der Waals surface area contributed by atoms with Crippen molar-refractivity contribution in [2.45, 2.75) is 30.6 Å². The lowest BCUT2D eigenvalue weighted by atomic mass is 9.84. The first-order valence-electron chi connectivity index (χ1n) is 6.47. The summed E-state index contributed by atoms with van der Waals surface area (Å²) in [6.07, 6.45) is -1.20. The Labute approximate surface area is 114 Å². The molecule has 4 aliphatic rings. The van der Waals surface area contributed by atoms with Crippen LogP contribution in [0.3, 0.4) is 0 Å². The summed E-state index contributed by atoms with van der Waals surface area (Å²) in [5.41, 5.74) is -0.142. The Hall–Kier alpha value is -1.67. The monoisotopic (exact) mass is 276 g/mol. The number of benzene rings is 1. The lowest BCUT2D eigenvalue weighted by Crippen LogP contribution is -2.93. The minimum atomic E-state index is -0.970. The molecule has 0 amide bonds. The fourth-order valence-electron chi connectivity index (χ4n) is 3.11. The van der Waals surface area contributed by atoms with Crippen LogP contribution in [0.2, 0.25) is 0 Å². The highest BCUT2D eigenvalue weighted by molar-refractivity contribution is 6.03. The van der Waals surface area contributed by atoms with E-state index in [9.17, 15) is 14.0 Å². The maximum atomic E-state index is 13.0. The molecule has 4 heterocycles. The average molecular weight is 276 g/mol. The van der Waals surface area contributed by atoms with E-state index in [2.05, 4.69) is 21.3 Å². The van der Waals surface area contributed by atoms with Gasteiger partial charge in [-0.3, -0.25) is 30.9 Å². The Balaban J connectivity index is 1.67. The number of hydrogen-bond acceptors (Lipinski definition) is 6. The van der Waals surface area contributed by atoms with Gasteiger partial charge in [-0.05, 0) is 17.7 Å². The molecule has 7 heteroatoms. The second-order valence-electron chi connectivity index (χ2n) is 5.40. The smallest absolute Gasteiger partial charge is 0.199 e. The van der Waals surface area contributed by atoms with Gasteiger partial charge in [0.25, 0.3) is 0 Å². The van der Waals surface area contributed by atoms with Crippen molar-refractivity contribution in [1.82, 2.24) is 21.3 Å². The van der Waals surface area contributed by atoms with Gasteiger partial charge in [-0.1, -0.05) is 12.1 Å². The molecule has 0 aromatic heterocycles.